The van der Waals surface area contributed by atoms with Crippen molar-refractivity contribution in [3.05, 3.63) is 65.0 Å². The molecule has 2 aromatic carbocycles. The van der Waals surface area contributed by atoms with E-state index >= 15 is 0 Å². The Morgan fingerprint density at radius 3 is 2.61 bits per heavy atom. The van der Waals surface area contributed by atoms with Crippen LogP contribution in [0.25, 0.3) is 11.3 Å². The molecule has 1 aliphatic heterocycles. The first kappa shape index (κ1) is 25.0. The highest BCUT2D eigenvalue weighted by atomic mass is 19.3. The van der Waals surface area contributed by atoms with Crippen molar-refractivity contribution in [3.63, 3.8) is 0 Å². The van der Waals surface area contributed by atoms with Crippen LogP contribution in [-0.4, -0.2) is 47.7 Å². The Morgan fingerprint density at radius 2 is 1.97 bits per heavy atom. The Bertz CT molecular complexity index is 1290. The van der Waals surface area contributed by atoms with E-state index in [1.54, 1.807) is 24.3 Å². The van der Waals surface area contributed by atoms with Crippen LogP contribution >= 0.6 is 0 Å². The van der Waals surface area contributed by atoms with Gasteiger partial charge in [0.2, 0.25) is 0 Å². The van der Waals surface area contributed by atoms with Crippen LogP contribution in [-0.2, 0) is 6.54 Å². The van der Waals surface area contributed by atoms with E-state index in [4.69, 9.17) is 16.2 Å². The summed E-state index contributed by atoms with van der Waals surface area (Å²) in [7, 11) is 1.38. The van der Waals surface area contributed by atoms with Gasteiger partial charge in [0.15, 0.2) is 0 Å². The number of amides is 2. The van der Waals surface area contributed by atoms with Crippen molar-refractivity contribution in [1.29, 1.82) is 0 Å². The molecular formula is C24H25F3N6O3. The van der Waals surface area contributed by atoms with Gasteiger partial charge in [0.25, 0.3) is 17.7 Å². The molecule has 9 nitrogen and oxygen atoms in total. The first-order valence-corrected chi connectivity index (χ1v) is 11.1. The van der Waals surface area contributed by atoms with Crippen molar-refractivity contribution < 1.29 is 27.5 Å². The molecule has 1 saturated heterocycles. The van der Waals surface area contributed by atoms with Crippen LogP contribution in [0.4, 0.5) is 19.0 Å². The number of carbonyl (C=O) groups excluding carboxylic acids is 2. The van der Waals surface area contributed by atoms with E-state index in [1.807, 2.05) is 0 Å². The number of aromatic nitrogens is 2. The number of halogens is 3. The summed E-state index contributed by atoms with van der Waals surface area (Å²) in [6.45, 7) is 0.202. The summed E-state index contributed by atoms with van der Waals surface area (Å²) in [6.07, 6.45) is -0.389. The zero-order valence-electron chi connectivity index (χ0n) is 19.4. The lowest BCUT2D eigenvalue weighted by atomic mass is 10.0. The topological polar surface area (TPSA) is 137 Å². The molecule has 1 fully saturated rings. The predicted octanol–water partition coefficient (Wildman–Crippen LogP) is 2.48. The molecule has 190 valence electrons. The van der Waals surface area contributed by atoms with Crippen molar-refractivity contribution in [3.8, 4) is 17.0 Å². The summed E-state index contributed by atoms with van der Waals surface area (Å²) in [5.74, 6) is -5.05. The molecular weight excluding hydrogens is 477 g/mol. The summed E-state index contributed by atoms with van der Waals surface area (Å²) in [5, 5.41) is 9.82. The van der Waals surface area contributed by atoms with E-state index < -0.39 is 29.6 Å². The number of piperidine rings is 1. The first-order chi connectivity index (χ1) is 17.1. The fourth-order valence-corrected chi connectivity index (χ4v) is 4.12. The number of anilines is 1. The lowest BCUT2D eigenvalue weighted by Crippen LogP contribution is -2.46. The van der Waals surface area contributed by atoms with Gasteiger partial charge in [0.1, 0.15) is 34.7 Å². The second-order valence-electron chi connectivity index (χ2n) is 8.37. The molecule has 0 bridgehead atoms. The number of nitrogens with zero attached hydrogens (tertiary/aromatic N) is 2. The van der Waals surface area contributed by atoms with E-state index in [0.29, 0.717) is 11.1 Å². The molecule has 4 rings (SSSR count). The van der Waals surface area contributed by atoms with Crippen LogP contribution in [0.1, 0.15) is 38.7 Å². The van der Waals surface area contributed by atoms with Crippen molar-refractivity contribution in [1.82, 2.24) is 20.4 Å². The van der Waals surface area contributed by atoms with Gasteiger partial charge in [-0.05, 0) is 23.8 Å². The largest absolute Gasteiger partial charge is 0.496 e. The first-order valence-electron chi connectivity index (χ1n) is 11.1. The summed E-state index contributed by atoms with van der Waals surface area (Å²) < 4.78 is 48.7. The average molecular weight is 502 g/mol. The fourth-order valence-electron chi connectivity index (χ4n) is 4.12. The van der Waals surface area contributed by atoms with Gasteiger partial charge in [-0.2, -0.15) is 5.10 Å². The highest BCUT2D eigenvalue weighted by molar-refractivity contribution is 6.03. The zero-order valence-corrected chi connectivity index (χ0v) is 19.4. The summed E-state index contributed by atoms with van der Waals surface area (Å²) in [4.78, 5) is 24.6. The Labute approximate surface area is 204 Å². The van der Waals surface area contributed by atoms with Gasteiger partial charge in [0, 0.05) is 31.6 Å². The standard InChI is InChI=1S/C24H25F3N6O3/c1-36-17-7-6-15(25)10-16(17)23(35)31-11-13-2-4-14(5-3-13)20-19(22(29)34)21(28)33(32-20)18-12-30-9-8-24(18,26)27/h2-7,10,18,30H,8-9,11-12,28H2,1H3,(H2,29,34)(H,31,35). The number of nitrogens with two attached hydrogens (primary N) is 2. The number of benzene rings is 2. The van der Waals surface area contributed by atoms with Crippen LogP contribution in [0.2, 0.25) is 0 Å². The Balaban J connectivity index is 1.56. The van der Waals surface area contributed by atoms with Crippen molar-refractivity contribution in [2.45, 2.75) is 24.9 Å². The smallest absolute Gasteiger partial charge is 0.272 e. The van der Waals surface area contributed by atoms with Gasteiger partial charge >= 0.3 is 0 Å². The second kappa shape index (κ2) is 9.90. The average Bonchev–Trinajstić information content (AvgIpc) is 3.19. The van der Waals surface area contributed by atoms with Gasteiger partial charge < -0.3 is 26.8 Å². The van der Waals surface area contributed by atoms with E-state index in [9.17, 15) is 22.8 Å². The van der Waals surface area contributed by atoms with Crippen LogP contribution in [0, 0.1) is 5.82 Å². The van der Waals surface area contributed by atoms with E-state index in [0.717, 1.165) is 10.7 Å². The number of alkyl halides is 2. The Hall–Kier alpha value is -4.06. The molecule has 1 atom stereocenters. The minimum absolute atomic E-state index is 0.0511. The molecule has 1 aliphatic rings. The molecule has 12 heteroatoms. The Morgan fingerprint density at radius 1 is 1.25 bits per heavy atom. The summed E-state index contributed by atoms with van der Waals surface area (Å²) in [6, 6.07) is 8.81. The number of nitrogen functional groups attached to an aromatic ring is 1. The van der Waals surface area contributed by atoms with Crippen LogP contribution in [0.3, 0.4) is 0 Å². The molecule has 6 N–H and O–H groups in total. The number of hydrogen-bond acceptors (Lipinski definition) is 6. The molecule has 1 unspecified atom stereocenters. The quantitative estimate of drug-likeness (QED) is 0.392. The summed E-state index contributed by atoms with van der Waals surface area (Å²) in [5.41, 5.74) is 12.7. The third kappa shape index (κ3) is 4.85. The molecule has 0 radical (unpaired) electrons. The number of hydrogen-bond donors (Lipinski definition) is 4. The van der Waals surface area contributed by atoms with Gasteiger partial charge in [-0.3, -0.25) is 9.59 Å². The van der Waals surface area contributed by atoms with Gasteiger partial charge in [-0.15, -0.1) is 0 Å². The van der Waals surface area contributed by atoms with Gasteiger partial charge in [-0.1, -0.05) is 24.3 Å². The van der Waals surface area contributed by atoms with Crippen molar-refractivity contribution in [2.24, 2.45) is 5.73 Å². The number of primary amides is 1. The van der Waals surface area contributed by atoms with Crippen LogP contribution < -0.4 is 26.8 Å². The molecule has 2 amide bonds. The maximum Gasteiger partial charge on any atom is 0.272 e. The maximum absolute atomic E-state index is 14.5. The Kier molecular flexibility index (Phi) is 6.88. The molecule has 0 spiro atoms. The molecule has 1 aromatic heterocycles. The van der Waals surface area contributed by atoms with Crippen LogP contribution in [0.15, 0.2) is 42.5 Å². The normalized spacial score (nSPS) is 16.9. The van der Waals surface area contributed by atoms with Crippen molar-refractivity contribution in [2.75, 3.05) is 25.9 Å². The highest BCUT2D eigenvalue weighted by Crippen LogP contribution is 2.38. The minimum atomic E-state index is -3.07. The lowest BCUT2D eigenvalue weighted by molar-refractivity contribution is -0.0738. The van der Waals surface area contributed by atoms with E-state index in [1.165, 1.54) is 19.2 Å². The summed E-state index contributed by atoms with van der Waals surface area (Å²) >= 11 is 0. The van der Waals surface area contributed by atoms with Gasteiger partial charge in [0.05, 0.1) is 12.7 Å². The maximum atomic E-state index is 14.5. The molecule has 36 heavy (non-hydrogen) atoms. The van der Waals surface area contributed by atoms with E-state index in [-0.39, 0.29) is 54.4 Å². The van der Waals surface area contributed by atoms with Gasteiger partial charge in [-0.25, -0.2) is 17.9 Å². The molecule has 0 aliphatic carbocycles. The number of methoxy groups -OCH3 is 1. The lowest BCUT2D eigenvalue weighted by Gasteiger charge is -2.32. The molecule has 2 heterocycles. The number of rotatable bonds is 7. The van der Waals surface area contributed by atoms with E-state index in [2.05, 4.69) is 15.7 Å². The third-order valence-corrected chi connectivity index (χ3v) is 6.04. The molecule has 3 aromatic rings. The van der Waals surface area contributed by atoms with Crippen molar-refractivity contribution >= 4 is 17.6 Å². The molecule has 0 saturated carbocycles. The fraction of sp³-hybridized carbons (Fsp3) is 0.292. The predicted molar refractivity (Wildman–Crippen MR) is 126 cm³/mol. The second-order valence-corrected chi connectivity index (χ2v) is 8.37. The third-order valence-electron chi connectivity index (χ3n) is 6.04. The highest BCUT2D eigenvalue weighted by Gasteiger charge is 2.45. The van der Waals surface area contributed by atoms with Crippen LogP contribution in [0.5, 0.6) is 5.75 Å². The monoisotopic (exact) mass is 502 g/mol. The zero-order chi connectivity index (χ0) is 26.0. The number of nitrogens with one attached hydrogen (secondary N) is 2. The number of carbonyl (C=O) groups is 2. The minimum Gasteiger partial charge on any atom is -0.496 e. The SMILES string of the molecule is COc1ccc(F)cc1C(=O)NCc1ccc(-c2nn(C3CNCCC3(F)F)c(N)c2C(N)=O)cc1. The number of ether oxygens (including phenoxy) is 1.